The molecule has 0 aliphatic carbocycles. The Labute approximate surface area is 96.3 Å². The summed E-state index contributed by atoms with van der Waals surface area (Å²) in [5.74, 6) is 0. The molecule has 4 heteroatoms. The van der Waals surface area contributed by atoms with Crippen LogP contribution in [0.4, 0.5) is 0 Å². The van der Waals surface area contributed by atoms with E-state index in [0.717, 1.165) is 12.6 Å². The van der Waals surface area contributed by atoms with Crippen molar-refractivity contribution in [1.29, 1.82) is 0 Å². The molecule has 0 bridgehead atoms. The number of aliphatic hydroxyl groups excluding tert-OH is 1. The highest BCUT2D eigenvalue weighted by atomic mass is 16.3. The predicted molar refractivity (Wildman–Crippen MR) is 63.8 cm³/mol. The van der Waals surface area contributed by atoms with Crippen molar-refractivity contribution in [3.05, 3.63) is 34.9 Å². The molecular weight excluding hydrogens is 201 g/mol. The number of aliphatic hydroxyl groups is 1. The van der Waals surface area contributed by atoms with E-state index in [0.29, 0.717) is 6.54 Å². The second-order valence-electron chi connectivity index (χ2n) is 4.27. The number of aryl methyl sites for hydroxylation is 1. The quantitative estimate of drug-likeness (QED) is 0.591. The highest BCUT2D eigenvalue weighted by molar-refractivity contribution is 6.64. The summed E-state index contributed by atoms with van der Waals surface area (Å²) in [7, 11) is 1.52. The van der Waals surface area contributed by atoms with Crippen molar-refractivity contribution in [1.82, 2.24) is 4.81 Å². The minimum atomic E-state index is 0.0273. The van der Waals surface area contributed by atoms with Crippen molar-refractivity contribution >= 4 is 13.6 Å². The van der Waals surface area contributed by atoms with Gasteiger partial charge < -0.3 is 14.7 Å². The van der Waals surface area contributed by atoms with Crippen LogP contribution in [0.25, 0.3) is 0 Å². The lowest BCUT2D eigenvalue weighted by molar-refractivity contribution is 0.175. The molecule has 1 radical (unpaired) electrons. The van der Waals surface area contributed by atoms with E-state index in [1.807, 2.05) is 4.81 Å². The molecule has 1 aromatic rings. The summed E-state index contributed by atoms with van der Waals surface area (Å²) in [6.45, 7) is 2.86. The Kier molecular flexibility index (Phi) is 3.41. The van der Waals surface area contributed by atoms with E-state index in [4.69, 9.17) is 0 Å². The van der Waals surface area contributed by atoms with E-state index in [2.05, 4.69) is 25.1 Å². The number of hydrogen-bond donors (Lipinski definition) is 1. The van der Waals surface area contributed by atoms with Crippen molar-refractivity contribution in [2.24, 2.45) is 0 Å². The van der Waals surface area contributed by atoms with Crippen molar-refractivity contribution in [3.63, 3.8) is 0 Å². The Morgan fingerprint density at radius 1 is 1.56 bits per heavy atom. The van der Waals surface area contributed by atoms with Gasteiger partial charge in [-0.05, 0) is 24.5 Å². The Hall–Kier alpha value is -1.13. The highest BCUT2D eigenvalue weighted by Gasteiger charge is 2.25. The van der Waals surface area contributed by atoms with Crippen LogP contribution in [-0.4, -0.2) is 36.2 Å². The molecule has 3 nitrogen and oxygen atoms in total. The molecule has 0 spiro atoms. The van der Waals surface area contributed by atoms with Gasteiger partial charge in [0, 0.05) is 12.6 Å². The van der Waals surface area contributed by atoms with Gasteiger partial charge in [-0.1, -0.05) is 23.8 Å². The van der Waals surface area contributed by atoms with Crippen LogP contribution < -0.4 is 0 Å². The van der Waals surface area contributed by atoms with Gasteiger partial charge in [0.25, 0.3) is 7.41 Å². The molecule has 2 rings (SSSR count). The first kappa shape index (κ1) is 11.4. The molecule has 0 amide bonds. The molecule has 0 saturated heterocycles. The van der Waals surface area contributed by atoms with Gasteiger partial charge in [-0.3, -0.25) is 0 Å². The average Bonchev–Trinajstić information content (AvgIpc) is 2.29. The van der Waals surface area contributed by atoms with Crippen LogP contribution >= 0.6 is 0 Å². The summed E-state index contributed by atoms with van der Waals surface area (Å²) in [6, 6.07) is 6.37. The molecule has 1 atom stereocenters. The van der Waals surface area contributed by atoms with Crippen molar-refractivity contribution in [3.8, 4) is 0 Å². The number of nitrogens with zero attached hydrogens (tertiary/aromatic N) is 1. The van der Waals surface area contributed by atoms with Gasteiger partial charge in [0.15, 0.2) is 0 Å². The molecular formula is C12H15BNO2. The first-order valence-electron chi connectivity index (χ1n) is 5.48. The molecule has 0 aromatic heterocycles. The minimum absolute atomic E-state index is 0.0273. The molecule has 1 heterocycles. The summed E-state index contributed by atoms with van der Waals surface area (Å²) >= 11 is 0. The van der Waals surface area contributed by atoms with E-state index in [-0.39, 0.29) is 12.6 Å². The Bertz CT molecular complexity index is 395. The Morgan fingerprint density at radius 2 is 2.38 bits per heavy atom. The zero-order chi connectivity index (χ0) is 11.5. The minimum Gasteiger partial charge on any atom is -0.395 e. The molecule has 0 fully saturated rings. The van der Waals surface area contributed by atoms with Crippen molar-refractivity contribution < 1.29 is 9.90 Å². The van der Waals surface area contributed by atoms with Crippen LogP contribution in [0, 0.1) is 6.92 Å². The number of carbonyl (C=O) groups is 1. The third kappa shape index (κ3) is 2.18. The molecule has 0 unspecified atom stereocenters. The van der Waals surface area contributed by atoms with Gasteiger partial charge >= 0.3 is 0 Å². The second kappa shape index (κ2) is 4.81. The Morgan fingerprint density at radius 3 is 3.06 bits per heavy atom. The van der Waals surface area contributed by atoms with Gasteiger partial charge in [0.1, 0.15) is 0 Å². The molecule has 0 saturated carbocycles. The maximum absolute atomic E-state index is 10.5. The largest absolute Gasteiger partial charge is 0.395 e. The maximum atomic E-state index is 10.5. The van der Waals surface area contributed by atoms with Gasteiger partial charge in [0.05, 0.1) is 12.8 Å². The molecule has 1 N–H and O–H groups in total. The fourth-order valence-corrected chi connectivity index (χ4v) is 2.22. The molecule has 1 aliphatic rings. The maximum Gasteiger partial charge on any atom is 0.293 e. The SMILES string of the molecule is Cc1ccc2c(c1)C[C@@H](CO)N([B]C=O)C2. The lowest BCUT2D eigenvalue weighted by Crippen LogP contribution is -2.45. The highest BCUT2D eigenvalue weighted by Crippen LogP contribution is 2.23. The van der Waals surface area contributed by atoms with Crippen LogP contribution in [0.5, 0.6) is 0 Å². The Balaban J connectivity index is 2.26. The number of hydrogen-bond acceptors (Lipinski definition) is 3. The van der Waals surface area contributed by atoms with Crippen molar-refractivity contribution in [2.45, 2.75) is 25.9 Å². The van der Waals surface area contributed by atoms with Gasteiger partial charge in [-0.2, -0.15) is 0 Å². The number of benzene rings is 1. The van der Waals surface area contributed by atoms with Crippen molar-refractivity contribution in [2.75, 3.05) is 6.61 Å². The van der Waals surface area contributed by atoms with E-state index in [9.17, 15) is 9.90 Å². The fourth-order valence-electron chi connectivity index (χ4n) is 2.22. The predicted octanol–water partition coefficient (Wildman–Crippen LogP) is 0.523. The standard InChI is InChI=1S/C12H15BNO2/c1-9-2-3-10-6-14(13-8-16)12(7-15)5-11(10)4-9/h2-4,8,12,15H,5-7H2,1H3/t12-/m0/s1. The summed E-state index contributed by atoms with van der Waals surface area (Å²) in [5.41, 5.74) is 3.77. The number of carbonyl (C=O) groups excluding carboxylic acids is 1. The van der Waals surface area contributed by atoms with Gasteiger partial charge in [0.2, 0.25) is 0 Å². The molecule has 1 aromatic carbocycles. The van der Waals surface area contributed by atoms with Crippen LogP contribution in [0.3, 0.4) is 0 Å². The summed E-state index contributed by atoms with van der Waals surface area (Å²) in [6.07, 6.45) is 1.58. The van der Waals surface area contributed by atoms with Crippen LogP contribution in [0.1, 0.15) is 16.7 Å². The summed E-state index contributed by atoms with van der Waals surface area (Å²) in [5, 5.41) is 9.31. The van der Waals surface area contributed by atoms with E-state index < -0.39 is 0 Å². The molecule has 16 heavy (non-hydrogen) atoms. The van der Waals surface area contributed by atoms with Crippen LogP contribution in [-0.2, 0) is 17.8 Å². The zero-order valence-electron chi connectivity index (χ0n) is 9.39. The lowest BCUT2D eigenvalue weighted by Gasteiger charge is -2.34. The topological polar surface area (TPSA) is 40.5 Å². The lowest BCUT2D eigenvalue weighted by atomic mass is 9.84. The first-order chi connectivity index (χ1) is 7.74. The summed E-state index contributed by atoms with van der Waals surface area (Å²) < 4.78 is 0. The zero-order valence-corrected chi connectivity index (χ0v) is 9.39. The van der Waals surface area contributed by atoms with Gasteiger partial charge in [-0.15, -0.1) is 0 Å². The van der Waals surface area contributed by atoms with Gasteiger partial charge in [-0.25, -0.2) is 0 Å². The summed E-state index contributed by atoms with van der Waals surface area (Å²) in [4.78, 5) is 12.4. The van der Waals surface area contributed by atoms with Crippen LogP contribution in [0.15, 0.2) is 18.2 Å². The van der Waals surface area contributed by atoms with E-state index in [1.54, 1.807) is 0 Å². The second-order valence-corrected chi connectivity index (χ2v) is 4.27. The van der Waals surface area contributed by atoms with Crippen LogP contribution in [0.2, 0.25) is 0 Å². The molecule has 1 aliphatic heterocycles. The fraction of sp³-hybridized carbons (Fsp3) is 0.417. The normalized spacial score (nSPS) is 20.2. The third-order valence-electron chi connectivity index (χ3n) is 3.10. The van der Waals surface area contributed by atoms with E-state index in [1.165, 1.54) is 24.1 Å². The third-order valence-corrected chi connectivity index (χ3v) is 3.10. The number of fused-ring (bicyclic) bond motifs is 1. The monoisotopic (exact) mass is 216 g/mol. The number of rotatable bonds is 3. The average molecular weight is 216 g/mol. The first-order valence-corrected chi connectivity index (χ1v) is 5.48. The smallest absolute Gasteiger partial charge is 0.293 e. The van der Waals surface area contributed by atoms with E-state index >= 15 is 0 Å². The molecule has 83 valence electrons.